The van der Waals surface area contributed by atoms with Crippen LogP contribution in [0.4, 0.5) is 14.5 Å². The fourth-order valence-electron chi connectivity index (χ4n) is 2.09. The molecule has 0 heterocycles. The van der Waals surface area contributed by atoms with Crippen molar-refractivity contribution in [1.29, 1.82) is 0 Å². The van der Waals surface area contributed by atoms with Crippen LogP contribution in [0, 0.1) is 30.4 Å². The molecule has 21 heavy (non-hydrogen) atoms. The zero-order valence-corrected chi connectivity index (χ0v) is 12.2. The zero-order valence-electron chi connectivity index (χ0n) is 12.2. The van der Waals surface area contributed by atoms with E-state index < -0.39 is 29.4 Å². The Bertz CT molecular complexity index is 544. The molecule has 1 amide bonds. The summed E-state index contributed by atoms with van der Waals surface area (Å²) in [6.45, 7) is 5.11. The number of carbonyl (C=O) groups excluding carboxylic acids is 1. The summed E-state index contributed by atoms with van der Waals surface area (Å²) in [6, 6.07) is 2.19. The van der Waals surface area contributed by atoms with Crippen LogP contribution in [0.5, 0.6) is 0 Å². The van der Waals surface area contributed by atoms with Gasteiger partial charge in [0, 0.05) is 17.2 Å². The molecule has 0 bridgehead atoms. The van der Waals surface area contributed by atoms with Crippen molar-refractivity contribution in [2.24, 2.45) is 11.8 Å². The van der Waals surface area contributed by atoms with Crippen LogP contribution in [-0.4, -0.2) is 17.0 Å². The van der Waals surface area contributed by atoms with Crippen LogP contribution in [0.1, 0.15) is 32.3 Å². The first-order valence-electron chi connectivity index (χ1n) is 6.69. The Morgan fingerprint density at radius 1 is 1.29 bits per heavy atom. The predicted octanol–water partition coefficient (Wildman–Crippen LogP) is 3.35. The second-order valence-corrected chi connectivity index (χ2v) is 5.45. The topological polar surface area (TPSA) is 66.4 Å². The molecule has 0 aliphatic heterocycles. The number of anilines is 1. The van der Waals surface area contributed by atoms with Gasteiger partial charge in [0.1, 0.15) is 0 Å². The molecular formula is C15H19F2NO3. The molecule has 0 saturated heterocycles. The van der Waals surface area contributed by atoms with Gasteiger partial charge in [-0.2, -0.15) is 0 Å². The van der Waals surface area contributed by atoms with E-state index in [0.717, 1.165) is 6.07 Å². The highest BCUT2D eigenvalue weighted by atomic mass is 19.2. The average Bonchev–Trinajstić information content (AvgIpc) is 2.37. The molecule has 116 valence electrons. The van der Waals surface area contributed by atoms with E-state index in [1.54, 1.807) is 0 Å². The van der Waals surface area contributed by atoms with Crippen molar-refractivity contribution in [1.82, 2.24) is 0 Å². The lowest BCUT2D eigenvalue weighted by atomic mass is 9.93. The number of rotatable bonds is 6. The molecule has 0 aromatic heterocycles. The predicted molar refractivity (Wildman–Crippen MR) is 74.9 cm³/mol. The van der Waals surface area contributed by atoms with Gasteiger partial charge in [-0.05, 0) is 31.4 Å². The summed E-state index contributed by atoms with van der Waals surface area (Å²) < 4.78 is 26.5. The Morgan fingerprint density at radius 2 is 1.90 bits per heavy atom. The summed E-state index contributed by atoms with van der Waals surface area (Å²) in [6.07, 6.45) is 0.105. The molecule has 0 fully saturated rings. The summed E-state index contributed by atoms with van der Waals surface area (Å²) in [7, 11) is 0. The molecule has 0 aliphatic rings. The van der Waals surface area contributed by atoms with Gasteiger partial charge in [0.25, 0.3) is 0 Å². The number of hydrogen-bond acceptors (Lipinski definition) is 2. The second kappa shape index (κ2) is 7.15. The highest BCUT2D eigenvalue weighted by Gasteiger charge is 2.24. The minimum Gasteiger partial charge on any atom is -0.481 e. The van der Waals surface area contributed by atoms with Crippen molar-refractivity contribution in [3.8, 4) is 0 Å². The maximum atomic E-state index is 13.4. The largest absolute Gasteiger partial charge is 0.481 e. The van der Waals surface area contributed by atoms with Crippen LogP contribution in [0.15, 0.2) is 12.1 Å². The Kier molecular flexibility index (Phi) is 5.81. The maximum Gasteiger partial charge on any atom is 0.304 e. The van der Waals surface area contributed by atoms with Crippen molar-refractivity contribution in [2.45, 2.75) is 33.6 Å². The van der Waals surface area contributed by atoms with Gasteiger partial charge in [0.2, 0.25) is 5.91 Å². The van der Waals surface area contributed by atoms with Gasteiger partial charge in [-0.3, -0.25) is 9.59 Å². The van der Waals surface area contributed by atoms with Gasteiger partial charge < -0.3 is 10.4 Å². The number of carbonyl (C=O) groups is 2. The van der Waals surface area contributed by atoms with Crippen LogP contribution in [0.25, 0.3) is 0 Å². The molecule has 4 nitrogen and oxygen atoms in total. The van der Waals surface area contributed by atoms with Crippen LogP contribution >= 0.6 is 0 Å². The summed E-state index contributed by atoms with van der Waals surface area (Å²) >= 11 is 0. The van der Waals surface area contributed by atoms with Gasteiger partial charge in [-0.1, -0.05) is 13.8 Å². The van der Waals surface area contributed by atoms with Gasteiger partial charge in [0.05, 0.1) is 6.42 Å². The number of amides is 1. The lowest BCUT2D eigenvalue weighted by molar-refractivity contribution is -0.140. The number of benzene rings is 1. The number of halogens is 2. The van der Waals surface area contributed by atoms with Gasteiger partial charge in [-0.25, -0.2) is 8.78 Å². The standard InChI is InChI=1S/C15H19F2NO3/c1-8(2)6-10(7-13(19)20)15(21)18-12-5-4-11(16)14(17)9(12)3/h4-5,8,10H,6-7H2,1-3H3,(H,18,21)(H,19,20). The number of carboxylic acid groups (broad SMARTS) is 1. The number of aliphatic carboxylic acids is 1. The molecule has 2 N–H and O–H groups in total. The molecule has 1 aromatic carbocycles. The van der Waals surface area contributed by atoms with Crippen molar-refractivity contribution in [3.05, 3.63) is 29.3 Å². The van der Waals surface area contributed by atoms with Crippen LogP contribution in [0.3, 0.4) is 0 Å². The monoisotopic (exact) mass is 299 g/mol. The Labute approximate surface area is 122 Å². The van der Waals surface area contributed by atoms with E-state index in [1.807, 2.05) is 13.8 Å². The third kappa shape index (κ3) is 4.81. The highest BCUT2D eigenvalue weighted by molar-refractivity contribution is 5.95. The Morgan fingerprint density at radius 3 is 2.43 bits per heavy atom. The first-order chi connectivity index (χ1) is 9.72. The zero-order chi connectivity index (χ0) is 16.2. The Balaban J connectivity index is 2.91. The lowest BCUT2D eigenvalue weighted by Crippen LogP contribution is -2.27. The summed E-state index contributed by atoms with van der Waals surface area (Å²) in [5, 5.41) is 11.3. The summed E-state index contributed by atoms with van der Waals surface area (Å²) in [4.78, 5) is 23.0. The lowest BCUT2D eigenvalue weighted by Gasteiger charge is -2.18. The van der Waals surface area contributed by atoms with Gasteiger partial charge >= 0.3 is 5.97 Å². The van der Waals surface area contributed by atoms with Crippen LogP contribution in [0.2, 0.25) is 0 Å². The van der Waals surface area contributed by atoms with Crippen molar-refractivity contribution in [3.63, 3.8) is 0 Å². The third-order valence-corrected chi connectivity index (χ3v) is 3.14. The first kappa shape index (κ1) is 17.1. The molecule has 0 aliphatic carbocycles. The Hall–Kier alpha value is -1.98. The number of nitrogens with one attached hydrogen (secondary N) is 1. The molecule has 0 spiro atoms. The van der Waals surface area contributed by atoms with E-state index in [-0.39, 0.29) is 23.6 Å². The molecule has 0 radical (unpaired) electrons. The fraction of sp³-hybridized carbons (Fsp3) is 0.467. The van der Waals surface area contributed by atoms with E-state index in [2.05, 4.69) is 5.32 Å². The molecular weight excluding hydrogens is 280 g/mol. The first-order valence-corrected chi connectivity index (χ1v) is 6.69. The van der Waals surface area contributed by atoms with Crippen molar-refractivity contribution >= 4 is 17.6 Å². The number of hydrogen-bond donors (Lipinski definition) is 2. The molecule has 1 aromatic rings. The minimum absolute atomic E-state index is 0.0121. The number of carboxylic acids is 1. The van der Waals surface area contributed by atoms with Crippen molar-refractivity contribution < 1.29 is 23.5 Å². The van der Waals surface area contributed by atoms with Crippen LogP contribution in [-0.2, 0) is 9.59 Å². The quantitative estimate of drug-likeness (QED) is 0.846. The van der Waals surface area contributed by atoms with E-state index in [0.29, 0.717) is 6.42 Å². The van der Waals surface area contributed by atoms with E-state index in [4.69, 9.17) is 5.11 Å². The van der Waals surface area contributed by atoms with Gasteiger partial charge in [-0.15, -0.1) is 0 Å². The SMILES string of the molecule is Cc1c(NC(=O)C(CC(=O)O)CC(C)C)ccc(F)c1F. The minimum atomic E-state index is -1.07. The molecule has 1 rings (SSSR count). The van der Waals surface area contributed by atoms with Crippen molar-refractivity contribution in [2.75, 3.05) is 5.32 Å². The van der Waals surface area contributed by atoms with Crippen LogP contribution < -0.4 is 5.32 Å². The maximum absolute atomic E-state index is 13.4. The normalized spacial score (nSPS) is 12.3. The molecule has 0 saturated carbocycles. The fourth-order valence-corrected chi connectivity index (χ4v) is 2.09. The smallest absolute Gasteiger partial charge is 0.304 e. The highest BCUT2D eigenvalue weighted by Crippen LogP contribution is 2.23. The van der Waals surface area contributed by atoms with E-state index in [9.17, 15) is 18.4 Å². The third-order valence-electron chi connectivity index (χ3n) is 3.14. The summed E-state index contributed by atoms with van der Waals surface area (Å²) in [5.74, 6) is -4.15. The molecule has 1 atom stereocenters. The average molecular weight is 299 g/mol. The second-order valence-electron chi connectivity index (χ2n) is 5.45. The molecule has 6 heteroatoms. The summed E-state index contributed by atoms with van der Waals surface area (Å²) in [5.41, 5.74) is 0.139. The van der Waals surface area contributed by atoms with E-state index in [1.165, 1.54) is 13.0 Å². The van der Waals surface area contributed by atoms with Gasteiger partial charge in [0.15, 0.2) is 11.6 Å². The van der Waals surface area contributed by atoms with E-state index >= 15 is 0 Å². The molecule has 1 unspecified atom stereocenters.